The van der Waals surface area contributed by atoms with E-state index in [1.54, 1.807) is 0 Å². The lowest BCUT2D eigenvalue weighted by Crippen LogP contribution is -2.48. The second-order valence-electron chi connectivity index (χ2n) is 5.81. The number of hydrogen-bond acceptors (Lipinski definition) is 5. The van der Waals surface area contributed by atoms with Crippen LogP contribution in [0.15, 0.2) is 0 Å². The van der Waals surface area contributed by atoms with Crippen LogP contribution in [0, 0.1) is 5.92 Å². The lowest BCUT2D eigenvalue weighted by molar-refractivity contribution is 0.0781. The molecule has 0 amide bonds. The summed E-state index contributed by atoms with van der Waals surface area (Å²) in [5, 5.41) is 7.43. The van der Waals surface area contributed by atoms with E-state index in [2.05, 4.69) is 27.0 Å². The van der Waals surface area contributed by atoms with Crippen molar-refractivity contribution in [1.29, 1.82) is 0 Å². The number of ether oxygens (including phenoxy) is 1. The highest BCUT2D eigenvalue weighted by atomic mass is 16.5. The maximum absolute atomic E-state index is 6.13. The van der Waals surface area contributed by atoms with Crippen molar-refractivity contribution >= 4 is 5.95 Å². The highest BCUT2D eigenvalue weighted by Gasteiger charge is 2.26. The van der Waals surface area contributed by atoms with Gasteiger partial charge >= 0.3 is 0 Å². The van der Waals surface area contributed by atoms with Gasteiger partial charge in [-0.1, -0.05) is 6.92 Å². The molecule has 2 saturated heterocycles. The molecule has 3 rings (SSSR count). The Labute approximate surface area is 113 Å². The quantitative estimate of drug-likeness (QED) is 0.829. The SMILES string of the molecule is CC1CCN(c2n[nH]c(C3CCCOC3)n2)CC1N. The van der Waals surface area contributed by atoms with Crippen molar-refractivity contribution in [2.45, 2.75) is 38.1 Å². The van der Waals surface area contributed by atoms with Crippen molar-refractivity contribution < 1.29 is 4.74 Å². The lowest BCUT2D eigenvalue weighted by Gasteiger charge is -2.34. The van der Waals surface area contributed by atoms with Crippen molar-refractivity contribution in [3.05, 3.63) is 5.82 Å². The average Bonchev–Trinajstić information content (AvgIpc) is 2.93. The molecule has 0 aliphatic carbocycles. The van der Waals surface area contributed by atoms with Crippen LogP contribution in [0.5, 0.6) is 0 Å². The van der Waals surface area contributed by atoms with Crippen LogP contribution in [0.4, 0.5) is 5.95 Å². The molecule has 0 spiro atoms. The Kier molecular flexibility index (Phi) is 3.70. The van der Waals surface area contributed by atoms with Gasteiger partial charge in [-0.2, -0.15) is 4.98 Å². The summed E-state index contributed by atoms with van der Waals surface area (Å²) in [7, 11) is 0. The predicted octanol–water partition coefficient (Wildman–Crippen LogP) is 0.872. The number of hydrogen-bond donors (Lipinski definition) is 2. The number of nitrogens with zero attached hydrogens (tertiary/aromatic N) is 3. The topological polar surface area (TPSA) is 80.1 Å². The summed E-state index contributed by atoms with van der Waals surface area (Å²) in [5.74, 6) is 2.71. The van der Waals surface area contributed by atoms with Crippen LogP contribution in [0.25, 0.3) is 0 Å². The Bertz CT molecular complexity index is 415. The van der Waals surface area contributed by atoms with Gasteiger partial charge in [0.05, 0.1) is 6.61 Å². The fourth-order valence-corrected chi connectivity index (χ4v) is 2.83. The zero-order chi connectivity index (χ0) is 13.2. The van der Waals surface area contributed by atoms with Crippen LogP contribution in [0.3, 0.4) is 0 Å². The number of aromatic nitrogens is 3. The standard InChI is InChI=1S/C13H23N5O/c1-9-4-5-18(7-11(9)14)13-15-12(16-17-13)10-3-2-6-19-8-10/h9-11H,2-8,14H2,1H3,(H,15,16,17). The number of rotatable bonds is 2. The minimum atomic E-state index is 0.216. The van der Waals surface area contributed by atoms with E-state index in [0.717, 1.165) is 57.3 Å². The van der Waals surface area contributed by atoms with Gasteiger partial charge in [0.2, 0.25) is 5.95 Å². The van der Waals surface area contributed by atoms with Crippen LogP contribution < -0.4 is 10.6 Å². The number of aromatic amines is 1. The molecule has 0 aromatic carbocycles. The van der Waals surface area contributed by atoms with E-state index < -0.39 is 0 Å². The maximum Gasteiger partial charge on any atom is 0.244 e. The summed E-state index contributed by atoms with van der Waals surface area (Å²) in [6, 6.07) is 0.216. The molecule has 1 aromatic rings. The summed E-state index contributed by atoms with van der Waals surface area (Å²) < 4.78 is 5.50. The molecule has 3 heterocycles. The molecule has 6 heteroatoms. The first-order chi connectivity index (χ1) is 9.24. The zero-order valence-electron chi connectivity index (χ0n) is 11.5. The Morgan fingerprint density at radius 1 is 1.42 bits per heavy atom. The molecule has 0 bridgehead atoms. The molecular weight excluding hydrogens is 242 g/mol. The predicted molar refractivity (Wildman–Crippen MR) is 73.1 cm³/mol. The van der Waals surface area contributed by atoms with E-state index in [9.17, 15) is 0 Å². The normalized spacial score (nSPS) is 32.5. The highest BCUT2D eigenvalue weighted by molar-refractivity contribution is 5.30. The molecule has 19 heavy (non-hydrogen) atoms. The molecule has 0 radical (unpaired) electrons. The molecule has 3 atom stereocenters. The highest BCUT2D eigenvalue weighted by Crippen LogP contribution is 2.25. The van der Waals surface area contributed by atoms with Crippen LogP contribution >= 0.6 is 0 Å². The van der Waals surface area contributed by atoms with E-state index in [1.165, 1.54) is 0 Å². The summed E-state index contributed by atoms with van der Waals surface area (Å²) >= 11 is 0. The average molecular weight is 265 g/mol. The lowest BCUT2D eigenvalue weighted by atomic mass is 9.95. The molecule has 3 unspecified atom stereocenters. The molecule has 0 saturated carbocycles. The van der Waals surface area contributed by atoms with Crippen molar-refractivity contribution in [2.75, 3.05) is 31.2 Å². The van der Waals surface area contributed by atoms with Crippen LogP contribution in [-0.4, -0.2) is 47.5 Å². The molecule has 2 aliphatic heterocycles. The minimum Gasteiger partial charge on any atom is -0.381 e. The smallest absolute Gasteiger partial charge is 0.244 e. The largest absolute Gasteiger partial charge is 0.381 e. The van der Waals surface area contributed by atoms with Gasteiger partial charge in [-0.25, -0.2) is 0 Å². The van der Waals surface area contributed by atoms with Crippen molar-refractivity contribution in [1.82, 2.24) is 15.2 Å². The zero-order valence-corrected chi connectivity index (χ0v) is 11.5. The summed E-state index contributed by atoms with van der Waals surface area (Å²) in [6.07, 6.45) is 3.34. The molecule has 6 nitrogen and oxygen atoms in total. The number of nitrogens with one attached hydrogen (secondary N) is 1. The van der Waals surface area contributed by atoms with Crippen LogP contribution in [0.2, 0.25) is 0 Å². The van der Waals surface area contributed by atoms with E-state index in [1.807, 2.05) is 0 Å². The van der Waals surface area contributed by atoms with Gasteiger partial charge in [-0.05, 0) is 25.2 Å². The Hall–Kier alpha value is -1.14. The third-order valence-electron chi connectivity index (χ3n) is 4.34. The van der Waals surface area contributed by atoms with E-state index in [0.29, 0.717) is 11.8 Å². The van der Waals surface area contributed by atoms with Crippen LogP contribution in [0.1, 0.15) is 37.9 Å². The second-order valence-corrected chi connectivity index (χ2v) is 5.81. The Balaban J connectivity index is 1.67. The maximum atomic E-state index is 6.13. The minimum absolute atomic E-state index is 0.216. The van der Waals surface area contributed by atoms with Crippen molar-refractivity contribution in [2.24, 2.45) is 11.7 Å². The first kappa shape index (κ1) is 12.9. The van der Waals surface area contributed by atoms with Crippen molar-refractivity contribution in [3.8, 4) is 0 Å². The van der Waals surface area contributed by atoms with Gasteiger partial charge in [0.25, 0.3) is 0 Å². The molecule has 2 aliphatic rings. The van der Waals surface area contributed by atoms with Gasteiger partial charge in [0.15, 0.2) is 0 Å². The molecule has 2 fully saturated rings. The fourth-order valence-electron chi connectivity index (χ4n) is 2.83. The summed E-state index contributed by atoms with van der Waals surface area (Å²) in [5.41, 5.74) is 6.13. The fraction of sp³-hybridized carbons (Fsp3) is 0.846. The summed E-state index contributed by atoms with van der Waals surface area (Å²) in [6.45, 7) is 5.68. The number of piperidine rings is 1. The third kappa shape index (κ3) is 2.74. The third-order valence-corrected chi connectivity index (χ3v) is 4.34. The first-order valence-electron chi connectivity index (χ1n) is 7.24. The molecule has 106 valence electrons. The Morgan fingerprint density at radius 2 is 2.32 bits per heavy atom. The van der Waals surface area contributed by atoms with E-state index in [-0.39, 0.29) is 6.04 Å². The number of anilines is 1. The second kappa shape index (κ2) is 5.46. The van der Waals surface area contributed by atoms with Gasteiger partial charge in [0, 0.05) is 31.7 Å². The van der Waals surface area contributed by atoms with Crippen LogP contribution in [-0.2, 0) is 4.74 Å². The summed E-state index contributed by atoms with van der Waals surface area (Å²) in [4.78, 5) is 6.83. The number of H-pyrrole nitrogens is 1. The monoisotopic (exact) mass is 265 g/mol. The van der Waals surface area contributed by atoms with E-state index >= 15 is 0 Å². The number of nitrogens with two attached hydrogens (primary N) is 1. The first-order valence-corrected chi connectivity index (χ1v) is 7.24. The van der Waals surface area contributed by atoms with Crippen molar-refractivity contribution in [3.63, 3.8) is 0 Å². The van der Waals surface area contributed by atoms with Gasteiger partial charge in [0.1, 0.15) is 5.82 Å². The molecular formula is C13H23N5O. The van der Waals surface area contributed by atoms with E-state index in [4.69, 9.17) is 10.5 Å². The van der Waals surface area contributed by atoms with Gasteiger partial charge in [-0.15, -0.1) is 5.10 Å². The Morgan fingerprint density at radius 3 is 3.05 bits per heavy atom. The molecule has 3 N–H and O–H groups in total. The molecule has 1 aromatic heterocycles. The van der Waals surface area contributed by atoms with Gasteiger partial charge in [-0.3, -0.25) is 5.10 Å². The van der Waals surface area contributed by atoms with Gasteiger partial charge < -0.3 is 15.4 Å².